The lowest BCUT2D eigenvalue weighted by Gasteiger charge is -1.99. The molecular formula is C11H18N2O2. The molecule has 1 fully saturated rings. The SMILES string of the molecule is CCCC1C(NCC#N)C1C(=O)OCC. The van der Waals surface area contributed by atoms with Crippen LogP contribution in [0.1, 0.15) is 26.7 Å². The lowest BCUT2D eigenvalue weighted by Crippen LogP contribution is -2.22. The minimum Gasteiger partial charge on any atom is -0.466 e. The third-order valence-corrected chi connectivity index (χ3v) is 2.77. The van der Waals surface area contributed by atoms with E-state index in [4.69, 9.17) is 10.00 Å². The normalized spacial score (nSPS) is 28.2. The molecule has 0 bridgehead atoms. The van der Waals surface area contributed by atoms with Crippen LogP contribution in [0.2, 0.25) is 0 Å². The first-order valence-corrected chi connectivity index (χ1v) is 5.53. The molecule has 0 radical (unpaired) electrons. The average molecular weight is 210 g/mol. The van der Waals surface area contributed by atoms with Gasteiger partial charge in [-0.15, -0.1) is 0 Å². The monoisotopic (exact) mass is 210 g/mol. The maximum atomic E-state index is 11.5. The van der Waals surface area contributed by atoms with Crippen molar-refractivity contribution in [2.45, 2.75) is 32.7 Å². The van der Waals surface area contributed by atoms with Crippen molar-refractivity contribution in [3.05, 3.63) is 0 Å². The van der Waals surface area contributed by atoms with Crippen LogP contribution in [0.25, 0.3) is 0 Å². The molecule has 1 aliphatic rings. The van der Waals surface area contributed by atoms with E-state index in [1.54, 1.807) is 0 Å². The fourth-order valence-corrected chi connectivity index (χ4v) is 2.07. The Kier molecular flexibility index (Phi) is 4.57. The van der Waals surface area contributed by atoms with Gasteiger partial charge in [0.2, 0.25) is 0 Å². The number of hydrogen-bond acceptors (Lipinski definition) is 4. The molecule has 0 aromatic carbocycles. The molecule has 84 valence electrons. The van der Waals surface area contributed by atoms with Crippen molar-refractivity contribution < 1.29 is 9.53 Å². The van der Waals surface area contributed by atoms with Crippen LogP contribution in [0.15, 0.2) is 0 Å². The Morgan fingerprint density at radius 3 is 2.80 bits per heavy atom. The van der Waals surface area contributed by atoms with Crippen molar-refractivity contribution in [1.82, 2.24) is 5.32 Å². The van der Waals surface area contributed by atoms with Crippen LogP contribution in [0.4, 0.5) is 0 Å². The van der Waals surface area contributed by atoms with E-state index in [-0.39, 0.29) is 17.9 Å². The van der Waals surface area contributed by atoms with E-state index in [9.17, 15) is 4.79 Å². The summed E-state index contributed by atoms with van der Waals surface area (Å²) in [7, 11) is 0. The number of ether oxygens (including phenoxy) is 1. The van der Waals surface area contributed by atoms with E-state index >= 15 is 0 Å². The highest BCUT2D eigenvalue weighted by atomic mass is 16.5. The molecule has 0 heterocycles. The minimum atomic E-state index is -0.119. The Labute approximate surface area is 90.6 Å². The molecule has 3 atom stereocenters. The third-order valence-electron chi connectivity index (χ3n) is 2.77. The van der Waals surface area contributed by atoms with Gasteiger partial charge in [0.05, 0.1) is 25.1 Å². The van der Waals surface area contributed by atoms with Gasteiger partial charge in [0.1, 0.15) is 0 Å². The molecule has 3 unspecified atom stereocenters. The molecule has 0 aliphatic heterocycles. The van der Waals surface area contributed by atoms with Crippen LogP contribution in [-0.4, -0.2) is 25.2 Å². The summed E-state index contributed by atoms with van der Waals surface area (Å²) in [6.45, 7) is 4.65. The van der Waals surface area contributed by atoms with Gasteiger partial charge in [-0.05, 0) is 19.3 Å². The number of carbonyl (C=O) groups excluding carboxylic acids is 1. The van der Waals surface area contributed by atoms with Crippen LogP contribution >= 0.6 is 0 Å². The number of esters is 1. The summed E-state index contributed by atoms with van der Waals surface area (Å²) < 4.78 is 4.99. The number of nitriles is 1. The summed E-state index contributed by atoms with van der Waals surface area (Å²) in [4.78, 5) is 11.5. The van der Waals surface area contributed by atoms with Crippen molar-refractivity contribution in [1.29, 1.82) is 5.26 Å². The van der Waals surface area contributed by atoms with E-state index in [0.717, 1.165) is 12.8 Å². The van der Waals surface area contributed by atoms with E-state index in [2.05, 4.69) is 12.2 Å². The minimum absolute atomic E-state index is 0.0294. The van der Waals surface area contributed by atoms with Crippen LogP contribution in [-0.2, 0) is 9.53 Å². The molecule has 1 aliphatic carbocycles. The summed E-state index contributed by atoms with van der Waals surface area (Å²) in [6, 6.07) is 2.19. The van der Waals surface area contributed by atoms with Crippen LogP contribution in [0.3, 0.4) is 0 Å². The molecule has 0 amide bonds. The van der Waals surface area contributed by atoms with Crippen molar-refractivity contribution in [2.75, 3.05) is 13.2 Å². The second-order valence-electron chi connectivity index (χ2n) is 3.80. The first kappa shape index (κ1) is 12.0. The number of nitrogens with zero attached hydrogens (tertiary/aromatic N) is 1. The van der Waals surface area contributed by atoms with Gasteiger partial charge in [-0.25, -0.2) is 0 Å². The van der Waals surface area contributed by atoms with Gasteiger partial charge in [0.15, 0.2) is 0 Å². The van der Waals surface area contributed by atoms with Crippen molar-refractivity contribution in [2.24, 2.45) is 11.8 Å². The van der Waals surface area contributed by atoms with Gasteiger partial charge in [-0.2, -0.15) is 5.26 Å². The number of nitrogens with one attached hydrogen (secondary N) is 1. The predicted octanol–water partition coefficient (Wildman–Crippen LogP) is 1.08. The number of rotatable bonds is 6. The summed E-state index contributed by atoms with van der Waals surface area (Å²) >= 11 is 0. The Hall–Kier alpha value is -1.08. The summed E-state index contributed by atoms with van der Waals surface area (Å²) in [5.74, 6) is 0.215. The average Bonchev–Trinajstić information content (AvgIpc) is 2.89. The first-order chi connectivity index (χ1) is 7.26. The van der Waals surface area contributed by atoms with Gasteiger partial charge in [0, 0.05) is 6.04 Å². The molecule has 0 aromatic rings. The Morgan fingerprint density at radius 2 is 2.27 bits per heavy atom. The summed E-state index contributed by atoms with van der Waals surface area (Å²) in [5.41, 5.74) is 0. The van der Waals surface area contributed by atoms with Gasteiger partial charge in [0.25, 0.3) is 0 Å². The zero-order valence-corrected chi connectivity index (χ0v) is 9.32. The zero-order valence-electron chi connectivity index (χ0n) is 9.32. The topological polar surface area (TPSA) is 62.1 Å². The summed E-state index contributed by atoms with van der Waals surface area (Å²) in [5, 5.41) is 11.5. The molecule has 0 saturated heterocycles. The van der Waals surface area contributed by atoms with E-state index in [1.165, 1.54) is 0 Å². The van der Waals surface area contributed by atoms with Gasteiger partial charge in [-0.3, -0.25) is 4.79 Å². The lowest BCUT2D eigenvalue weighted by atomic mass is 10.2. The molecule has 1 saturated carbocycles. The van der Waals surface area contributed by atoms with Crippen molar-refractivity contribution >= 4 is 5.97 Å². The highest BCUT2D eigenvalue weighted by Crippen LogP contribution is 2.43. The Balaban J connectivity index is 2.42. The van der Waals surface area contributed by atoms with Crippen LogP contribution in [0.5, 0.6) is 0 Å². The molecule has 0 aromatic heterocycles. The highest BCUT2D eigenvalue weighted by molar-refractivity contribution is 5.77. The van der Waals surface area contributed by atoms with E-state index < -0.39 is 0 Å². The van der Waals surface area contributed by atoms with Gasteiger partial charge in [-0.1, -0.05) is 13.3 Å². The number of hydrogen-bond donors (Lipinski definition) is 1. The van der Waals surface area contributed by atoms with Crippen molar-refractivity contribution in [3.8, 4) is 6.07 Å². The predicted molar refractivity (Wildman–Crippen MR) is 55.9 cm³/mol. The van der Waals surface area contributed by atoms with E-state index in [0.29, 0.717) is 19.1 Å². The fraction of sp³-hybridized carbons (Fsp3) is 0.818. The molecular weight excluding hydrogens is 192 g/mol. The second kappa shape index (κ2) is 5.72. The quantitative estimate of drug-likeness (QED) is 0.526. The van der Waals surface area contributed by atoms with Crippen molar-refractivity contribution in [3.63, 3.8) is 0 Å². The van der Waals surface area contributed by atoms with E-state index in [1.807, 2.05) is 13.0 Å². The molecule has 1 rings (SSSR count). The molecule has 4 heteroatoms. The lowest BCUT2D eigenvalue weighted by molar-refractivity contribution is -0.145. The Bertz CT molecular complexity index is 260. The molecule has 4 nitrogen and oxygen atoms in total. The highest BCUT2D eigenvalue weighted by Gasteiger charge is 2.54. The molecule has 1 N–H and O–H groups in total. The Morgan fingerprint density at radius 1 is 1.53 bits per heavy atom. The maximum Gasteiger partial charge on any atom is 0.310 e. The maximum absolute atomic E-state index is 11.5. The molecule has 15 heavy (non-hydrogen) atoms. The second-order valence-corrected chi connectivity index (χ2v) is 3.80. The van der Waals surface area contributed by atoms with Gasteiger partial charge < -0.3 is 10.1 Å². The molecule has 0 spiro atoms. The zero-order chi connectivity index (χ0) is 11.3. The summed E-state index contributed by atoms with van der Waals surface area (Å²) in [6.07, 6.45) is 2.08. The fourth-order valence-electron chi connectivity index (χ4n) is 2.07. The standard InChI is InChI=1S/C11H18N2O2/c1-3-5-8-9(11(14)15-4-2)10(8)13-7-6-12/h8-10,13H,3-5,7H2,1-2H3. The van der Waals surface area contributed by atoms with Crippen LogP contribution < -0.4 is 5.32 Å². The largest absolute Gasteiger partial charge is 0.466 e. The first-order valence-electron chi connectivity index (χ1n) is 5.53. The smallest absolute Gasteiger partial charge is 0.310 e. The third kappa shape index (κ3) is 2.93. The number of carbonyl (C=O) groups is 1. The van der Waals surface area contributed by atoms with Gasteiger partial charge >= 0.3 is 5.97 Å². The van der Waals surface area contributed by atoms with Crippen LogP contribution in [0, 0.1) is 23.2 Å².